The predicted molar refractivity (Wildman–Crippen MR) is 80.4 cm³/mol. The Hall–Kier alpha value is -2.33. The zero-order valence-electron chi connectivity index (χ0n) is 11.1. The quantitative estimate of drug-likeness (QED) is 0.836. The Labute approximate surface area is 118 Å². The molecular weight excluding hydrogens is 250 g/mol. The van der Waals surface area contributed by atoms with Crippen LogP contribution in [-0.4, -0.2) is 18.5 Å². The second-order valence-corrected chi connectivity index (χ2v) is 4.80. The van der Waals surface area contributed by atoms with E-state index >= 15 is 0 Å². The van der Waals surface area contributed by atoms with E-state index in [1.54, 1.807) is 0 Å². The van der Waals surface area contributed by atoms with Crippen LogP contribution in [0, 0.1) is 0 Å². The fraction of sp³-hybridized carbons (Fsp3) is 0.188. The Kier molecular flexibility index (Phi) is 3.65. The van der Waals surface area contributed by atoms with Gasteiger partial charge in [0.25, 0.3) is 0 Å². The fourth-order valence-electron chi connectivity index (χ4n) is 2.37. The first-order valence-electron chi connectivity index (χ1n) is 6.77. The number of anilines is 2. The van der Waals surface area contributed by atoms with Crippen molar-refractivity contribution in [2.45, 2.75) is 12.5 Å². The number of hydrogen-bond donors (Lipinski definition) is 2. The van der Waals surface area contributed by atoms with Crippen LogP contribution in [0.5, 0.6) is 0 Å². The third-order valence-electron chi connectivity index (χ3n) is 3.44. The number of rotatable bonds is 4. The van der Waals surface area contributed by atoms with E-state index in [4.69, 9.17) is 0 Å². The number of nitrogens with one attached hydrogen (secondary N) is 2. The molecule has 0 saturated carbocycles. The summed E-state index contributed by atoms with van der Waals surface area (Å²) in [6.45, 7) is 0.747. The van der Waals surface area contributed by atoms with E-state index in [0.29, 0.717) is 0 Å². The number of carbonyl (C=O) groups is 1. The lowest BCUT2D eigenvalue weighted by molar-refractivity contribution is -0.118. The second-order valence-electron chi connectivity index (χ2n) is 4.80. The molecule has 2 N–H and O–H groups in total. The van der Waals surface area contributed by atoms with Crippen molar-refractivity contribution in [2.24, 2.45) is 0 Å². The fourth-order valence-corrected chi connectivity index (χ4v) is 2.37. The van der Waals surface area contributed by atoms with Crippen LogP contribution >= 0.6 is 0 Å². The lowest BCUT2D eigenvalue weighted by Gasteiger charge is -2.17. The molecule has 1 aliphatic rings. The number of nitrogens with zero attached hydrogens (tertiary/aromatic N) is 1. The van der Waals surface area contributed by atoms with E-state index in [1.165, 1.54) is 0 Å². The average Bonchev–Trinajstić information content (AvgIpc) is 2.88. The standard InChI is InChI=1S/C16H17N3O/c20-16-15(18-17-13-7-3-1-4-8-13)11-12-19(16)14-9-5-2-6-10-14/h1-10,15,17-18H,11-12H2. The Morgan fingerprint density at radius 1 is 0.950 bits per heavy atom. The minimum Gasteiger partial charge on any atom is -0.321 e. The topological polar surface area (TPSA) is 44.4 Å². The molecule has 0 aliphatic carbocycles. The van der Waals surface area contributed by atoms with Gasteiger partial charge >= 0.3 is 0 Å². The number of hydrazine groups is 1. The summed E-state index contributed by atoms with van der Waals surface area (Å²) in [5, 5.41) is 0. The van der Waals surface area contributed by atoms with Crippen LogP contribution in [0.3, 0.4) is 0 Å². The lowest BCUT2D eigenvalue weighted by Crippen LogP contribution is -2.41. The van der Waals surface area contributed by atoms with Gasteiger partial charge in [-0.05, 0) is 30.7 Å². The van der Waals surface area contributed by atoms with Crippen molar-refractivity contribution < 1.29 is 4.79 Å². The molecule has 1 aliphatic heterocycles. The summed E-state index contributed by atoms with van der Waals surface area (Å²) in [5.41, 5.74) is 8.11. The third-order valence-corrected chi connectivity index (χ3v) is 3.44. The van der Waals surface area contributed by atoms with E-state index in [-0.39, 0.29) is 11.9 Å². The van der Waals surface area contributed by atoms with Gasteiger partial charge in [-0.15, -0.1) is 0 Å². The Morgan fingerprint density at radius 3 is 2.30 bits per heavy atom. The van der Waals surface area contributed by atoms with Crippen molar-refractivity contribution in [1.82, 2.24) is 5.43 Å². The summed E-state index contributed by atoms with van der Waals surface area (Å²) < 4.78 is 0. The molecule has 0 radical (unpaired) electrons. The number of para-hydroxylation sites is 2. The van der Waals surface area contributed by atoms with E-state index < -0.39 is 0 Å². The molecule has 0 spiro atoms. The maximum atomic E-state index is 12.4. The lowest BCUT2D eigenvalue weighted by atomic mass is 10.2. The first kappa shape index (κ1) is 12.7. The minimum absolute atomic E-state index is 0.111. The van der Waals surface area contributed by atoms with Crippen molar-refractivity contribution in [1.29, 1.82) is 0 Å². The summed E-state index contributed by atoms with van der Waals surface area (Å²) in [6.07, 6.45) is 0.799. The molecule has 2 aromatic carbocycles. The molecule has 0 aromatic heterocycles. The van der Waals surface area contributed by atoms with Gasteiger partial charge in [0.15, 0.2) is 0 Å². The third kappa shape index (κ3) is 2.65. The molecule has 1 fully saturated rings. The molecule has 1 atom stereocenters. The van der Waals surface area contributed by atoms with Gasteiger partial charge in [-0.3, -0.25) is 4.79 Å². The monoisotopic (exact) mass is 267 g/mol. The highest BCUT2D eigenvalue weighted by atomic mass is 16.2. The SMILES string of the molecule is O=C1C(NNc2ccccc2)CCN1c1ccccc1. The van der Waals surface area contributed by atoms with E-state index in [1.807, 2.05) is 65.6 Å². The van der Waals surface area contributed by atoms with Crippen LogP contribution in [0.2, 0.25) is 0 Å². The zero-order chi connectivity index (χ0) is 13.8. The van der Waals surface area contributed by atoms with Crippen LogP contribution in [0.25, 0.3) is 0 Å². The molecule has 4 nitrogen and oxygen atoms in total. The maximum absolute atomic E-state index is 12.4. The van der Waals surface area contributed by atoms with Crippen LogP contribution in [0.1, 0.15) is 6.42 Å². The first-order valence-corrected chi connectivity index (χ1v) is 6.77. The van der Waals surface area contributed by atoms with Gasteiger partial charge in [-0.2, -0.15) is 0 Å². The largest absolute Gasteiger partial charge is 0.321 e. The minimum atomic E-state index is -0.185. The van der Waals surface area contributed by atoms with Crippen LogP contribution in [0.15, 0.2) is 60.7 Å². The van der Waals surface area contributed by atoms with Crippen molar-refractivity contribution in [2.75, 3.05) is 16.9 Å². The van der Waals surface area contributed by atoms with Crippen molar-refractivity contribution >= 4 is 17.3 Å². The highest BCUT2D eigenvalue weighted by Crippen LogP contribution is 2.21. The van der Waals surface area contributed by atoms with Gasteiger partial charge in [-0.25, -0.2) is 5.43 Å². The molecule has 20 heavy (non-hydrogen) atoms. The zero-order valence-corrected chi connectivity index (χ0v) is 11.1. The summed E-state index contributed by atoms with van der Waals surface area (Å²) in [4.78, 5) is 14.2. The number of carbonyl (C=O) groups excluding carboxylic acids is 1. The van der Waals surface area contributed by atoms with Crippen molar-refractivity contribution in [3.8, 4) is 0 Å². The summed E-state index contributed by atoms with van der Waals surface area (Å²) in [6, 6.07) is 19.4. The Balaban J connectivity index is 1.62. The molecule has 0 bridgehead atoms. The Bertz CT molecular complexity index is 571. The summed E-state index contributed by atoms with van der Waals surface area (Å²) in [5.74, 6) is 0.111. The molecule has 2 aromatic rings. The molecule has 1 saturated heterocycles. The van der Waals surface area contributed by atoms with Gasteiger partial charge in [0, 0.05) is 17.9 Å². The van der Waals surface area contributed by atoms with E-state index in [9.17, 15) is 4.79 Å². The van der Waals surface area contributed by atoms with Crippen LogP contribution < -0.4 is 15.8 Å². The van der Waals surface area contributed by atoms with Crippen LogP contribution in [0.4, 0.5) is 11.4 Å². The average molecular weight is 267 g/mol. The number of amides is 1. The summed E-state index contributed by atoms with van der Waals surface area (Å²) >= 11 is 0. The predicted octanol–water partition coefficient (Wildman–Crippen LogP) is 2.41. The molecule has 1 unspecified atom stereocenters. The second kappa shape index (κ2) is 5.75. The van der Waals surface area contributed by atoms with Gasteiger partial charge < -0.3 is 10.3 Å². The van der Waals surface area contributed by atoms with E-state index in [0.717, 1.165) is 24.3 Å². The summed E-state index contributed by atoms with van der Waals surface area (Å²) in [7, 11) is 0. The van der Waals surface area contributed by atoms with Gasteiger partial charge in [0.2, 0.25) is 5.91 Å². The van der Waals surface area contributed by atoms with Gasteiger partial charge in [0.05, 0.1) is 0 Å². The molecule has 1 heterocycles. The molecule has 4 heteroatoms. The van der Waals surface area contributed by atoms with Gasteiger partial charge in [0.1, 0.15) is 6.04 Å². The first-order chi connectivity index (χ1) is 9.84. The smallest absolute Gasteiger partial charge is 0.246 e. The molecule has 102 valence electrons. The molecule has 3 rings (SSSR count). The Morgan fingerprint density at radius 2 is 1.60 bits per heavy atom. The normalized spacial score (nSPS) is 18.3. The highest BCUT2D eigenvalue weighted by molar-refractivity contribution is 5.99. The number of benzene rings is 2. The molecular formula is C16H17N3O. The van der Waals surface area contributed by atoms with Crippen molar-refractivity contribution in [3.05, 3.63) is 60.7 Å². The highest BCUT2D eigenvalue weighted by Gasteiger charge is 2.32. The van der Waals surface area contributed by atoms with Crippen LogP contribution in [-0.2, 0) is 4.79 Å². The van der Waals surface area contributed by atoms with Gasteiger partial charge in [-0.1, -0.05) is 36.4 Å². The number of hydrogen-bond acceptors (Lipinski definition) is 3. The van der Waals surface area contributed by atoms with Crippen molar-refractivity contribution in [3.63, 3.8) is 0 Å². The maximum Gasteiger partial charge on any atom is 0.246 e. The molecule has 1 amide bonds. The van der Waals surface area contributed by atoms with E-state index in [2.05, 4.69) is 10.9 Å².